The van der Waals surface area contributed by atoms with E-state index in [1.165, 1.54) is 16.9 Å². The van der Waals surface area contributed by atoms with E-state index < -0.39 is 0 Å². The first-order valence-corrected chi connectivity index (χ1v) is 8.85. The van der Waals surface area contributed by atoms with E-state index in [1.54, 1.807) is 0 Å². The van der Waals surface area contributed by atoms with Gasteiger partial charge in [-0.2, -0.15) is 0 Å². The molecular weight excluding hydrogens is 320 g/mol. The van der Waals surface area contributed by atoms with Crippen LogP contribution in [0.4, 0.5) is 5.13 Å². The van der Waals surface area contributed by atoms with Gasteiger partial charge in [0, 0.05) is 0 Å². The number of nitrogens with one attached hydrogen (secondary N) is 1. The number of rotatable bonds is 6. The number of anilines is 1. The lowest BCUT2D eigenvalue weighted by Gasteiger charge is -2.06. The number of ether oxygens (including phenoxy) is 1. The zero-order valence-corrected chi connectivity index (χ0v) is 14.7. The van der Waals surface area contributed by atoms with E-state index in [1.807, 2.05) is 49.4 Å². The summed E-state index contributed by atoms with van der Waals surface area (Å²) in [4.78, 5) is 16.5. The quantitative estimate of drug-likeness (QED) is 0.715. The maximum absolute atomic E-state index is 12.0. The van der Waals surface area contributed by atoms with Gasteiger partial charge in [-0.05, 0) is 42.7 Å². The fourth-order valence-electron chi connectivity index (χ4n) is 2.40. The average Bonchev–Trinajstić information content (AvgIpc) is 2.99. The molecule has 0 spiro atoms. The number of nitrogens with zero attached hydrogens (tertiary/aromatic N) is 1. The Hall–Kier alpha value is -2.40. The molecule has 24 heavy (non-hydrogen) atoms. The number of benzene rings is 2. The normalized spacial score (nSPS) is 10.8. The molecule has 3 aromatic rings. The molecule has 0 unspecified atom stereocenters. The molecule has 1 N–H and O–H groups in total. The van der Waals surface area contributed by atoms with Crippen molar-refractivity contribution in [3.8, 4) is 5.75 Å². The molecule has 1 amide bonds. The van der Waals surface area contributed by atoms with Crippen molar-refractivity contribution < 1.29 is 9.53 Å². The van der Waals surface area contributed by atoms with Crippen LogP contribution in [0.25, 0.3) is 10.2 Å². The van der Waals surface area contributed by atoms with Crippen LogP contribution in [0.15, 0.2) is 42.5 Å². The van der Waals surface area contributed by atoms with Crippen LogP contribution in [0.1, 0.15) is 24.5 Å². The van der Waals surface area contributed by atoms with Gasteiger partial charge in [0.05, 0.1) is 23.2 Å². The highest BCUT2D eigenvalue weighted by Crippen LogP contribution is 2.27. The highest BCUT2D eigenvalue weighted by molar-refractivity contribution is 7.22. The maximum atomic E-state index is 12.0. The summed E-state index contributed by atoms with van der Waals surface area (Å²) in [6.45, 7) is 4.48. The number of hydrogen-bond donors (Lipinski definition) is 1. The van der Waals surface area contributed by atoms with Gasteiger partial charge < -0.3 is 10.1 Å². The van der Waals surface area contributed by atoms with Crippen molar-refractivity contribution in [2.75, 3.05) is 11.9 Å². The predicted molar refractivity (Wildman–Crippen MR) is 98.9 cm³/mol. The van der Waals surface area contributed by atoms with Gasteiger partial charge in [0.15, 0.2) is 5.13 Å². The lowest BCUT2D eigenvalue weighted by Crippen LogP contribution is -2.15. The topological polar surface area (TPSA) is 51.2 Å². The number of para-hydroxylation sites is 1. The number of carbonyl (C=O) groups is 1. The molecular formula is C19H20N2O2S. The van der Waals surface area contributed by atoms with Crippen molar-refractivity contribution in [1.29, 1.82) is 0 Å². The summed E-state index contributed by atoms with van der Waals surface area (Å²) in [7, 11) is 0. The summed E-state index contributed by atoms with van der Waals surface area (Å²) in [6, 6.07) is 14.0. The molecule has 2 aromatic carbocycles. The van der Waals surface area contributed by atoms with Gasteiger partial charge in [-0.1, -0.05) is 42.5 Å². The zero-order chi connectivity index (χ0) is 16.9. The van der Waals surface area contributed by atoms with Crippen molar-refractivity contribution in [3.05, 3.63) is 53.6 Å². The fourth-order valence-corrected chi connectivity index (χ4v) is 3.36. The van der Waals surface area contributed by atoms with E-state index in [2.05, 4.69) is 17.2 Å². The lowest BCUT2D eigenvalue weighted by molar-refractivity contribution is -0.116. The first-order chi connectivity index (χ1) is 11.7. The van der Waals surface area contributed by atoms with Crippen molar-refractivity contribution in [3.63, 3.8) is 0 Å². The van der Waals surface area contributed by atoms with Crippen molar-refractivity contribution in [2.24, 2.45) is 0 Å². The summed E-state index contributed by atoms with van der Waals surface area (Å²) >= 11 is 1.49. The summed E-state index contributed by atoms with van der Waals surface area (Å²) in [5, 5.41) is 3.49. The molecule has 0 saturated carbocycles. The molecule has 0 fully saturated rings. The second-order valence-electron chi connectivity index (χ2n) is 5.58. The van der Waals surface area contributed by atoms with Crippen LogP contribution in [-0.2, 0) is 11.2 Å². The first kappa shape index (κ1) is 16.5. The van der Waals surface area contributed by atoms with Crippen LogP contribution >= 0.6 is 11.3 Å². The minimum absolute atomic E-state index is 0.0862. The van der Waals surface area contributed by atoms with Gasteiger partial charge in [-0.15, -0.1) is 0 Å². The van der Waals surface area contributed by atoms with Crippen molar-refractivity contribution >= 4 is 32.6 Å². The van der Waals surface area contributed by atoms with E-state index in [0.29, 0.717) is 18.2 Å². The van der Waals surface area contributed by atoms with Crippen LogP contribution in [-0.4, -0.2) is 17.5 Å². The lowest BCUT2D eigenvalue weighted by atomic mass is 10.2. The molecule has 0 radical (unpaired) electrons. The zero-order valence-electron chi connectivity index (χ0n) is 13.8. The monoisotopic (exact) mass is 340 g/mol. The molecule has 4 nitrogen and oxygen atoms in total. The Bertz CT molecular complexity index is 840. The third kappa shape index (κ3) is 3.92. The average molecular weight is 340 g/mol. The minimum Gasteiger partial charge on any atom is -0.493 e. The number of fused-ring (bicyclic) bond motifs is 1. The largest absolute Gasteiger partial charge is 0.493 e. The van der Waals surface area contributed by atoms with Gasteiger partial charge in [-0.25, -0.2) is 4.98 Å². The number of amides is 1. The van der Waals surface area contributed by atoms with Gasteiger partial charge in [0.2, 0.25) is 5.91 Å². The van der Waals surface area contributed by atoms with Crippen molar-refractivity contribution in [2.45, 2.75) is 26.7 Å². The smallest absolute Gasteiger partial charge is 0.229 e. The Morgan fingerprint density at radius 2 is 2.00 bits per heavy atom. The Morgan fingerprint density at radius 1 is 1.21 bits per heavy atom. The summed E-state index contributed by atoms with van der Waals surface area (Å²) in [5.41, 5.74) is 3.33. The van der Waals surface area contributed by atoms with Gasteiger partial charge in [0.1, 0.15) is 5.75 Å². The second-order valence-corrected chi connectivity index (χ2v) is 6.62. The molecule has 0 aliphatic heterocycles. The molecule has 1 heterocycles. The second kappa shape index (κ2) is 7.45. The van der Waals surface area contributed by atoms with E-state index in [9.17, 15) is 4.79 Å². The predicted octanol–water partition coefficient (Wildman–Crippen LogP) is 4.57. The molecule has 1 aromatic heterocycles. The van der Waals surface area contributed by atoms with E-state index >= 15 is 0 Å². The standard InChI is InChI=1S/C19H20N2O2S/c1-3-14-7-9-15(10-8-14)23-12-11-17(22)20-19-21-18-13(2)5-4-6-16(18)24-19/h4-10H,3,11-12H2,1-2H3,(H,20,21,22). The Labute approximate surface area is 145 Å². The molecule has 0 saturated heterocycles. The van der Waals surface area contributed by atoms with E-state index in [0.717, 1.165) is 28.0 Å². The molecule has 0 bridgehead atoms. The van der Waals surface area contributed by atoms with Crippen molar-refractivity contribution in [1.82, 2.24) is 4.98 Å². The number of hydrogen-bond acceptors (Lipinski definition) is 4. The van der Waals surface area contributed by atoms with E-state index in [-0.39, 0.29) is 5.91 Å². The van der Waals surface area contributed by atoms with Crippen LogP contribution in [0.3, 0.4) is 0 Å². The first-order valence-electron chi connectivity index (χ1n) is 8.03. The minimum atomic E-state index is -0.0862. The van der Waals surface area contributed by atoms with Crippen LogP contribution in [0.2, 0.25) is 0 Å². The van der Waals surface area contributed by atoms with Gasteiger partial charge >= 0.3 is 0 Å². The number of carbonyl (C=O) groups excluding carboxylic acids is 1. The Balaban J connectivity index is 1.52. The third-order valence-corrected chi connectivity index (χ3v) is 4.73. The Morgan fingerprint density at radius 3 is 2.71 bits per heavy atom. The van der Waals surface area contributed by atoms with Gasteiger partial charge in [0.25, 0.3) is 0 Å². The van der Waals surface area contributed by atoms with Crippen LogP contribution < -0.4 is 10.1 Å². The summed E-state index contributed by atoms with van der Waals surface area (Å²) in [5.74, 6) is 0.701. The Kier molecular flexibility index (Phi) is 5.11. The summed E-state index contributed by atoms with van der Waals surface area (Å²) < 4.78 is 6.70. The highest BCUT2D eigenvalue weighted by Gasteiger charge is 2.09. The fraction of sp³-hybridized carbons (Fsp3) is 0.263. The third-order valence-electron chi connectivity index (χ3n) is 3.80. The van der Waals surface area contributed by atoms with E-state index in [4.69, 9.17) is 4.74 Å². The van der Waals surface area contributed by atoms with Gasteiger partial charge in [-0.3, -0.25) is 4.79 Å². The number of aromatic nitrogens is 1. The molecule has 0 atom stereocenters. The molecule has 5 heteroatoms. The molecule has 124 valence electrons. The number of aryl methyl sites for hydroxylation is 2. The van der Waals surface area contributed by atoms with Crippen LogP contribution in [0, 0.1) is 6.92 Å². The molecule has 3 rings (SSSR count). The summed E-state index contributed by atoms with van der Waals surface area (Å²) in [6.07, 6.45) is 1.30. The SMILES string of the molecule is CCc1ccc(OCCC(=O)Nc2nc3c(C)cccc3s2)cc1. The molecule has 0 aliphatic carbocycles. The molecule has 0 aliphatic rings. The van der Waals surface area contributed by atoms with Crippen LogP contribution in [0.5, 0.6) is 5.75 Å². The number of thiazole rings is 1. The maximum Gasteiger partial charge on any atom is 0.229 e. The highest BCUT2D eigenvalue weighted by atomic mass is 32.1.